The van der Waals surface area contributed by atoms with Crippen LogP contribution in [0.2, 0.25) is 0 Å². The molecule has 0 saturated heterocycles. The van der Waals surface area contributed by atoms with E-state index in [0.717, 1.165) is 6.07 Å². The van der Waals surface area contributed by atoms with Crippen LogP contribution in [-0.4, -0.2) is 59.0 Å². The Balaban J connectivity index is 3.11. The minimum absolute atomic E-state index is 0.118. The molecule has 136 valence electrons. The summed E-state index contributed by atoms with van der Waals surface area (Å²) >= 11 is 0. The Morgan fingerprint density at radius 2 is 1.75 bits per heavy atom. The average molecular weight is 360 g/mol. The highest BCUT2D eigenvalue weighted by molar-refractivity contribution is 7.89. The van der Waals surface area contributed by atoms with Crippen LogP contribution in [0.15, 0.2) is 23.1 Å². The lowest BCUT2D eigenvalue weighted by Gasteiger charge is -2.18. The number of sulfonamides is 1. The zero-order valence-corrected chi connectivity index (χ0v) is 15.0. The number of hydrogen-bond donors (Lipinski definition) is 3. The van der Waals surface area contributed by atoms with Crippen LogP contribution < -0.4 is 10.0 Å². The van der Waals surface area contributed by atoms with Gasteiger partial charge >= 0.3 is 5.97 Å². The van der Waals surface area contributed by atoms with Gasteiger partial charge in [0.2, 0.25) is 10.0 Å². The van der Waals surface area contributed by atoms with Crippen LogP contribution in [0.25, 0.3) is 0 Å². The fraction of sp³-hybridized carbons (Fsp3) is 0.533. The second kappa shape index (κ2) is 8.97. The zero-order chi connectivity index (χ0) is 18.3. The van der Waals surface area contributed by atoms with Gasteiger partial charge in [-0.15, -0.1) is 0 Å². The first-order chi connectivity index (χ1) is 11.2. The molecule has 0 aromatic heterocycles. The fourth-order valence-electron chi connectivity index (χ4n) is 2.17. The van der Waals surface area contributed by atoms with Gasteiger partial charge in [-0.1, -0.05) is 0 Å². The van der Waals surface area contributed by atoms with E-state index >= 15 is 0 Å². The molecule has 0 radical (unpaired) electrons. The van der Waals surface area contributed by atoms with Gasteiger partial charge in [0.05, 0.1) is 23.7 Å². The molecule has 9 heteroatoms. The van der Waals surface area contributed by atoms with Crippen molar-refractivity contribution in [2.45, 2.75) is 30.8 Å². The first-order valence-electron chi connectivity index (χ1n) is 7.35. The third-order valence-corrected chi connectivity index (χ3v) is 4.71. The summed E-state index contributed by atoms with van der Waals surface area (Å²) in [6.07, 6.45) is 0. The highest BCUT2D eigenvalue weighted by atomic mass is 32.2. The molecule has 24 heavy (non-hydrogen) atoms. The zero-order valence-electron chi connectivity index (χ0n) is 14.2. The third-order valence-electron chi connectivity index (χ3n) is 3.12. The summed E-state index contributed by atoms with van der Waals surface area (Å²) in [7, 11) is -0.831. The standard InChI is InChI=1S/C15H24N2O6S/c1-10(8-22-3)16-14-6-5-12(7-13(14)15(18)19)24(20,21)17-11(2)9-23-4/h5-7,10-11,16-17H,8-9H2,1-4H3,(H,18,19)/t10-,11-/m0/s1. The maximum Gasteiger partial charge on any atom is 0.337 e. The lowest BCUT2D eigenvalue weighted by molar-refractivity contribution is 0.0697. The molecular formula is C15H24N2O6S. The number of anilines is 1. The molecule has 0 unspecified atom stereocenters. The number of carboxylic acid groups (broad SMARTS) is 1. The molecule has 2 atom stereocenters. The van der Waals surface area contributed by atoms with E-state index in [1.165, 1.54) is 19.2 Å². The van der Waals surface area contributed by atoms with Crippen LogP contribution in [0.1, 0.15) is 24.2 Å². The van der Waals surface area contributed by atoms with Crippen molar-refractivity contribution in [2.24, 2.45) is 0 Å². The topological polar surface area (TPSA) is 114 Å². The SMILES string of the molecule is COC[C@H](C)Nc1ccc(S(=O)(=O)N[C@@H](C)COC)cc1C(=O)O. The van der Waals surface area contributed by atoms with E-state index in [0.29, 0.717) is 12.3 Å². The van der Waals surface area contributed by atoms with Gasteiger partial charge in [-0.2, -0.15) is 0 Å². The Morgan fingerprint density at radius 1 is 1.17 bits per heavy atom. The van der Waals surface area contributed by atoms with Crippen molar-refractivity contribution in [1.29, 1.82) is 0 Å². The van der Waals surface area contributed by atoms with Crippen LogP contribution in [0, 0.1) is 0 Å². The van der Waals surface area contributed by atoms with E-state index in [2.05, 4.69) is 10.0 Å². The van der Waals surface area contributed by atoms with E-state index < -0.39 is 22.0 Å². The predicted molar refractivity (Wildman–Crippen MR) is 90.0 cm³/mol. The summed E-state index contributed by atoms with van der Waals surface area (Å²) in [5, 5.41) is 12.3. The highest BCUT2D eigenvalue weighted by Crippen LogP contribution is 2.22. The molecule has 0 saturated carbocycles. The van der Waals surface area contributed by atoms with Gasteiger partial charge in [-0.05, 0) is 32.0 Å². The average Bonchev–Trinajstić information content (AvgIpc) is 2.47. The Bertz CT molecular complexity index is 662. The first-order valence-corrected chi connectivity index (χ1v) is 8.83. The van der Waals surface area contributed by atoms with Crippen LogP contribution in [0.3, 0.4) is 0 Å². The molecule has 0 aliphatic rings. The molecule has 1 aromatic carbocycles. The maximum atomic E-state index is 12.3. The van der Waals surface area contributed by atoms with E-state index in [1.807, 2.05) is 6.92 Å². The summed E-state index contributed by atoms with van der Waals surface area (Å²) in [4.78, 5) is 11.3. The minimum atomic E-state index is -3.84. The number of carboxylic acids is 1. The molecule has 0 aliphatic heterocycles. The van der Waals surface area contributed by atoms with Crippen molar-refractivity contribution >= 4 is 21.7 Å². The normalized spacial score (nSPS) is 14.2. The molecule has 0 bridgehead atoms. The lowest BCUT2D eigenvalue weighted by atomic mass is 10.1. The predicted octanol–water partition coefficient (Wildman–Crippen LogP) is 1.14. The molecule has 8 nitrogen and oxygen atoms in total. The summed E-state index contributed by atoms with van der Waals surface area (Å²) in [5.74, 6) is -1.22. The quantitative estimate of drug-likeness (QED) is 0.573. The molecule has 0 aliphatic carbocycles. The maximum absolute atomic E-state index is 12.3. The van der Waals surface area contributed by atoms with Crippen molar-refractivity contribution in [3.63, 3.8) is 0 Å². The molecule has 0 heterocycles. The van der Waals surface area contributed by atoms with E-state index in [1.54, 1.807) is 14.0 Å². The first kappa shape index (κ1) is 20.4. The number of benzene rings is 1. The number of methoxy groups -OCH3 is 2. The van der Waals surface area contributed by atoms with Gasteiger partial charge in [-0.25, -0.2) is 17.9 Å². The van der Waals surface area contributed by atoms with E-state index in [-0.39, 0.29) is 23.1 Å². The van der Waals surface area contributed by atoms with Gasteiger partial charge in [0.25, 0.3) is 0 Å². The smallest absolute Gasteiger partial charge is 0.337 e. The number of carbonyl (C=O) groups is 1. The van der Waals surface area contributed by atoms with Gasteiger partial charge in [-0.3, -0.25) is 0 Å². The monoisotopic (exact) mass is 360 g/mol. The van der Waals surface area contributed by atoms with Gasteiger partial charge < -0.3 is 19.9 Å². The Morgan fingerprint density at radius 3 is 2.29 bits per heavy atom. The van der Waals surface area contributed by atoms with Crippen molar-refractivity contribution < 1.29 is 27.8 Å². The van der Waals surface area contributed by atoms with Crippen molar-refractivity contribution in [2.75, 3.05) is 32.8 Å². The Hall–Kier alpha value is -1.68. The largest absolute Gasteiger partial charge is 0.478 e. The highest BCUT2D eigenvalue weighted by Gasteiger charge is 2.21. The van der Waals surface area contributed by atoms with Gasteiger partial charge in [0, 0.05) is 32.0 Å². The van der Waals surface area contributed by atoms with Crippen molar-refractivity contribution in [3.8, 4) is 0 Å². The molecule has 0 fully saturated rings. The molecule has 0 amide bonds. The van der Waals surface area contributed by atoms with Crippen LogP contribution in [0.5, 0.6) is 0 Å². The molecular weight excluding hydrogens is 336 g/mol. The van der Waals surface area contributed by atoms with Crippen LogP contribution in [0.4, 0.5) is 5.69 Å². The summed E-state index contributed by atoms with van der Waals surface area (Å²) in [5.41, 5.74) is 0.205. The van der Waals surface area contributed by atoms with Crippen molar-refractivity contribution in [3.05, 3.63) is 23.8 Å². The number of aromatic carboxylic acids is 1. The van der Waals surface area contributed by atoms with Crippen molar-refractivity contribution in [1.82, 2.24) is 4.72 Å². The molecule has 0 spiro atoms. The summed E-state index contributed by atoms with van der Waals surface area (Å²) in [6, 6.07) is 3.36. The number of nitrogens with one attached hydrogen (secondary N) is 2. The minimum Gasteiger partial charge on any atom is -0.478 e. The van der Waals surface area contributed by atoms with E-state index in [4.69, 9.17) is 9.47 Å². The second-order valence-electron chi connectivity index (χ2n) is 5.49. The van der Waals surface area contributed by atoms with Gasteiger partial charge in [0.1, 0.15) is 0 Å². The molecule has 1 aromatic rings. The summed E-state index contributed by atoms with van der Waals surface area (Å²) in [6.45, 7) is 4.07. The van der Waals surface area contributed by atoms with Crippen LogP contribution in [-0.2, 0) is 19.5 Å². The van der Waals surface area contributed by atoms with Gasteiger partial charge in [0.15, 0.2) is 0 Å². The third kappa shape index (κ3) is 5.75. The Labute approximate surface area is 142 Å². The second-order valence-corrected chi connectivity index (χ2v) is 7.20. The van der Waals surface area contributed by atoms with Crippen LogP contribution >= 0.6 is 0 Å². The number of ether oxygens (including phenoxy) is 2. The molecule has 3 N–H and O–H groups in total. The molecule has 1 rings (SSSR count). The lowest BCUT2D eigenvalue weighted by Crippen LogP contribution is -2.35. The van der Waals surface area contributed by atoms with E-state index in [9.17, 15) is 18.3 Å². The summed E-state index contributed by atoms with van der Waals surface area (Å²) < 4.78 is 37.0. The Kier molecular flexibility index (Phi) is 7.61. The number of rotatable bonds is 10. The number of hydrogen-bond acceptors (Lipinski definition) is 6. The fourth-order valence-corrected chi connectivity index (χ4v) is 3.42.